The van der Waals surface area contributed by atoms with E-state index in [0.717, 1.165) is 13.0 Å². The van der Waals surface area contributed by atoms with E-state index in [0.29, 0.717) is 12.1 Å². The second-order valence-electron chi connectivity index (χ2n) is 3.97. The molecule has 0 aromatic heterocycles. The largest absolute Gasteiger partial charge is 0.316 e. The number of nitrogens with one attached hydrogen (secondary N) is 1. The highest BCUT2D eigenvalue weighted by molar-refractivity contribution is 7.90. The minimum Gasteiger partial charge on any atom is -0.316 e. The predicted molar refractivity (Wildman–Crippen MR) is 67.1 cm³/mol. The molecule has 1 N–H and O–H groups in total. The molecule has 0 unspecified atom stereocenters. The van der Waals surface area contributed by atoms with E-state index in [1.165, 1.54) is 18.2 Å². The number of hydrogen-bond acceptors (Lipinski definition) is 3. The zero-order valence-corrected chi connectivity index (χ0v) is 10.8. The van der Waals surface area contributed by atoms with Gasteiger partial charge in [0.1, 0.15) is 5.82 Å². The Bertz CT molecular complexity index is 446. The van der Waals surface area contributed by atoms with Crippen molar-refractivity contribution in [3.8, 4) is 0 Å². The molecule has 0 saturated heterocycles. The third kappa shape index (κ3) is 5.79. The molecule has 17 heavy (non-hydrogen) atoms. The highest BCUT2D eigenvalue weighted by atomic mass is 32.2. The van der Waals surface area contributed by atoms with Crippen molar-refractivity contribution in [2.75, 3.05) is 18.8 Å². The zero-order chi connectivity index (χ0) is 12.7. The first-order valence-electron chi connectivity index (χ1n) is 5.69. The molecular formula is C12H18FNO2S. The van der Waals surface area contributed by atoms with Gasteiger partial charge in [-0.05, 0) is 30.7 Å². The van der Waals surface area contributed by atoms with E-state index in [-0.39, 0.29) is 11.5 Å². The maximum absolute atomic E-state index is 12.9. The van der Waals surface area contributed by atoms with Crippen LogP contribution in [0.3, 0.4) is 0 Å². The second kappa shape index (κ2) is 6.71. The lowest BCUT2D eigenvalue weighted by molar-refractivity contribution is 0.589. The fraction of sp³-hybridized carbons (Fsp3) is 0.500. The summed E-state index contributed by atoms with van der Waals surface area (Å²) in [6.45, 7) is 3.29. The summed E-state index contributed by atoms with van der Waals surface area (Å²) in [4.78, 5) is 0. The van der Waals surface area contributed by atoms with Crippen LogP contribution in [0.5, 0.6) is 0 Å². The minimum absolute atomic E-state index is 0.0868. The lowest BCUT2D eigenvalue weighted by Gasteiger charge is -2.05. The summed E-state index contributed by atoms with van der Waals surface area (Å²) < 4.78 is 36.3. The van der Waals surface area contributed by atoms with Crippen molar-refractivity contribution in [2.24, 2.45) is 0 Å². The summed E-state index contributed by atoms with van der Waals surface area (Å²) >= 11 is 0. The summed E-state index contributed by atoms with van der Waals surface area (Å²) in [6, 6.07) is 5.71. The van der Waals surface area contributed by atoms with Crippen LogP contribution >= 0.6 is 0 Å². The SMILES string of the molecule is CCCNCCS(=O)(=O)Cc1cccc(F)c1. The van der Waals surface area contributed by atoms with Crippen LogP contribution in [0.1, 0.15) is 18.9 Å². The van der Waals surface area contributed by atoms with Gasteiger partial charge in [-0.1, -0.05) is 19.1 Å². The van der Waals surface area contributed by atoms with Crippen molar-refractivity contribution in [3.05, 3.63) is 35.6 Å². The Morgan fingerprint density at radius 1 is 1.29 bits per heavy atom. The molecule has 96 valence electrons. The Labute approximate surface area is 102 Å². The summed E-state index contributed by atoms with van der Waals surface area (Å²) in [5, 5.41) is 3.04. The van der Waals surface area contributed by atoms with Gasteiger partial charge in [-0.2, -0.15) is 0 Å². The molecule has 0 radical (unpaired) electrons. The lowest BCUT2D eigenvalue weighted by atomic mass is 10.2. The van der Waals surface area contributed by atoms with Crippen molar-refractivity contribution >= 4 is 9.84 Å². The summed E-state index contributed by atoms with van der Waals surface area (Å²) in [6.07, 6.45) is 0.976. The molecule has 0 aliphatic heterocycles. The maximum Gasteiger partial charge on any atom is 0.155 e. The van der Waals surface area contributed by atoms with E-state index >= 15 is 0 Å². The Morgan fingerprint density at radius 2 is 2.06 bits per heavy atom. The van der Waals surface area contributed by atoms with E-state index in [9.17, 15) is 12.8 Å². The maximum atomic E-state index is 12.9. The monoisotopic (exact) mass is 259 g/mol. The smallest absolute Gasteiger partial charge is 0.155 e. The molecule has 0 amide bonds. The van der Waals surface area contributed by atoms with Gasteiger partial charge in [0.05, 0.1) is 11.5 Å². The van der Waals surface area contributed by atoms with Crippen molar-refractivity contribution < 1.29 is 12.8 Å². The highest BCUT2D eigenvalue weighted by Gasteiger charge is 2.11. The van der Waals surface area contributed by atoms with E-state index in [1.807, 2.05) is 6.92 Å². The molecule has 1 aromatic carbocycles. The van der Waals surface area contributed by atoms with Crippen LogP contribution in [0.15, 0.2) is 24.3 Å². The Morgan fingerprint density at radius 3 is 2.71 bits per heavy atom. The molecule has 0 aliphatic rings. The summed E-state index contributed by atoms with van der Waals surface area (Å²) in [5.74, 6) is -0.413. The van der Waals surface area contributed by atoms with Gasteiger partial charge in [0, 0.05) is 6.54 Å². The lowest BCUT2D eigenvalue weighted by Crippen LogP contribution is -2.24. The minimum atomic E-state index is -3.16. The van der Waals surface area contributed by atoms with Gasteiger partial charge in [0.15, 0.2) is 9.84 Å². The van der Waals surface area contributed by atoms with Gasteiger partial charge in [0.2, 0.25) is 0 Å². The van der Waals surface area contributed by atoms with E-state index < -0.39 is 15.7 Å². The number of benzene rings is 1. The van der Waals surface area contributed by atoms with Crippen LogP contribution in [0, 0.1) is 5.82 Å². The van der Waals surface area contributed by atoms with E-state index in [4.69, 9.17) is 0 Å². The van der Waals surface area contributed by atoms with Crippen molar-refractivity contribution in [1.82, 2.24) is 5.32 Å². The molecule has 0 fully saturated rings. The number of halogens is 1. The van der Waals surface area contributed by atoms with Gasteiger partial charge >= 0.3 is 0 Å². The van der Waals surface area contributed by atoms with Crippen molar-refractivity contribution in [1.29, 1.82) is 0 Å². The topological polar surface area (TPSA) is 46.2 Å². The normalized spacial score (nSPS) is 11.6. The van der Waals surface area contributed by atoms with Gasteiger partial charge in [-0.15, -0.1) is 0 Å². The fourth-order valence-electron chi connectivity index (χ4n) is 1.48. The molecule has 1 rings (SSSR count). The molecule has 0 spiro atoms. The molecule has 0 bridgehead atoms. The van der Waals surface area contributed by atoms with Crippen LogP contribution in [-0.4, -0.2) is 27.3 Å². The second-order valence-corrected chi connectivity index (χ2v) is 6.16. The molecule has 0 heterocycles. The van der Waals surface area contributed by atoms with Gasteiger partial charge < -0.3 is 5.32 Å². The van der Waals surface area contributed by atoms with Crippen molar-refractivity contribution in [3.63, 3.8) is 0 Å². The first kappa shape index (κ1) is 14.1. The third-order valence-corrected chi connectivity index (χ3v) is 3.89. The molecule has 3 nitrogen and oxygen atoms in total. The Hall–Kier alpha value is -0.940. The van der Waals surface area contributed by atoms with Crippen LogP contribution in [-0.2, 0) is 15.6 Å². The van der Waals surface area contributed by atoms with Gasteiger partial charge in [0.25, 0.3) is 0 Å². The molecule has 0 saturated carbocycles. The van der Waals surface area contributed by atoms with Gasteiger partial charge in [-0.25, -0.2) is 12.8 Å². The van der Waals surface area contributed by atoms with Crippen LogP contribution < -0.4 is 5.32 Å². The van der Waals surface area contributed by atoms with Crippen LogP contribution in [0.25, 0.3) is 0 Å². The molecule has 5 heteroatoms. The van der Waals surface area contributed by atoms with Crippen LogP contribution in [0.4, 0.5) is 4.39 Å². The first-order valence-corrected chi connectivity index (χ1v) is 7.51. The average Bonchev–Trinajstić information content (AvgIpc) is 2.24. The number of sulfone groups is 1. The zero-order valence-electron chi connectivity index (χ0n) is 9.95. The molecule has 0 aliphatic carbocycles. The molecule has 1 aromatic rings. The highest BCUT2D eigenvalue weighted by Crippen LogP contribution is 2.08. The van der Waals surface area contributed by atoms with E-state index in [1.54, 1.807) is 6.07 Å². The van der Waals surface area contributed by atoms with Crippen molar-refractivity contribution in [2.45, 2.75) is 19.1 Å². The summed E-state index contributed by atoms with van der Waals surface area (Å²) in [5.41, 5.74) is 0.500. The molecular weight excluding hydrogens is 241 g/mol. The Kier molecular flexibility index (Phi) is 5.58. The fourth-order valence-corrected chi connectivity index (χ4v) is 2.77. The Balaban J connectivity index is 2.49. The predicted octanol–water partition coefficient (Wildman–Crippen LogP) is 1.74. The molecule has 0 atom stereocenters. The van der Waals surface area contributed by atoms with Crippen LogP contribution in [0.2, 0.25) is 0 Å². The standard InChI is InChI=1S/C12H18FNO2S/c1-2-6-14-7-8-17(15,16)10-11-4-3-5-12(13)9-11/h3-5,9,14H,2,6-8,10H2,1H3. The quantitative estimate of drug-likeness (QED) is 0.759. The number of rotatable bonds is 7. The van der Waals surface area contributed by atoms with Gasteiger partial charge in [-0.3, -0.25) is 0 Å². The summed E-state index contributed by atoms with van der Waals surface area (Å²) in [7, 11) is -3.16. The first-order chi connectivity index (χ1) is 8.03. The number of hydrogen-bond donors (Lipinski definition) is 1. The average molecular weight is 259 g/mol. The van der Waals surface area contributed by atoms with E-state index in [2.05, 4.69) is 5.32 Å². The third-order valence-electron chi connectivity index (χ3n) is 2.29.